The number of amides is 3. The van der Waals surface area contributed by atoms with E-state index in [0.29, 0.717) is 5.56 Å². The number of benzene rings is 1. The summed E-state index contributed by atoms with van der Waals surface area (Å²) >= 11 is 0. The zero-order chi connectivity index (χ0) is 18.4. The topological polar surface area (TPSA) is 92.5 Å². The third kappa shape index (κ3) is 5.37. The number of hydrogen-bond acceptors (Lipinski definition) is 3. The van der Waals surface area contributed by atoms with Gasteiger partial charge in [0.2, 0.25) is 11.8 Å². The average molecular weight is 333 g/mol. The van der Waals surface area contributed by atoms with Gasteiger partial charge in [-0.15, -0.1) is 0 Å². The molecule has 1 rings (SSSR count). The minimum absolute atomic E-state index is 0.125. The van der Waals surface area contributed by atoms with Crippen LogP contribution in [0.4, 0.5) is 0 Å². The van der Waals surface area contributed by atoms with Crippen molar-refractivity contribution in [2.24, 2.45) is 11.7 Å². The van der Waals surface area contributed by atoms with Gasteiger partial charge >= 0.3 is 0 Å². The molecule has 1 atom stereocenters. The van der Waals surface area contributed by atoms with E-state index in [2.05, 4.69) is 5.32 Å². The molecule has 132 valence electrons. The van der Waals surface area contributed by atoms with Crippen molar-refractivity contribution in [1.82, 2.24) is 10.2 Å². The second-order valence-corrected chi connectivity index (χ2v) is 6.59. The summed E-state index contributed by atoms with van der Waals surface area (Å²) in [5, 5.41) is 2.79. The van der Waals surface area contributed by atoms with E-state index in [1.165, 1.54) is 4.90 Å². The van der Waals surface area contributed by atoms with E-state index in [1.54, 1.807) is 32.0 Å². The minimum Gasteiger partial charge on any atom is -0.368 e. The Kier molecular flexibility index (Phi) is 6.95. The molecule has 0 saturated carbocycles. The number of rotatable bonds is 7. The van der Waals surface area contributed by atoms with Crippen LogP contribution in [0, 0.1) is 12.8 Å². The van der Waals surface area contributed by atoms with Crippen LogP contribution >= 0.6 is 0 Å². The molecule has 1 unspecified atom stereocenters. The molecule has 3 N–H and O–H groups in total. The minimum atomic E-state index is -0.722. The van der Waals surface area contributed by atoms with Crippen molar-refractivity contribution in [2.75, 3.05) is 6.54 Å². The Bertz CT molecular complexity index is 611. The molecule has 1 aromatic carbocycles. The lowest BCUT2D eigenvalue weighted by molar-refractivity contribution is -0.139. The van der Waals surface area contributed by atoms with Gasteiger partial charge in [-0.1, -0.05) is 31.5 Å². The van der Waals surface area contributed by atoms with E-state index in [1.807, 2.05) is 26.8 Å². The van der Waals surface area contributed by atoms with Crippen LogP contribution < -0.4 is 11.1 Å². The van der Waals surface area contributed by atoms with Crippen LogP contribution in [0.2, 0.25) is 0 Å². The zero-order valence-electron chi connectivity index (χ0n) is 15.0. The van der Waals surface area contributed by atoms with Crippen LogP contribution in [0.15, 0.2) is 24.3 Å². The molecule has 0 aliphatic rings. The van der Waals surface area contributed by atoms with E-state index in [-0.39, 0.29) is 30.3 Å². The van der Waals surface area contributed by atoms with Crippen LogP contribution in [0.1, 0.15) is 43.6 Å². The lowest BCUT2D eigenvalue weighted by atomic mass is 10.0. The summed E-state index contributed by atoms with van der Waals surface area (Å²) in [5.41, 5.74) is 6.70. The van der Waals surface area contributed by atoms with Gasteiger partial charge in [-0.3, -0.25) is 14.4 Å². The number of nitrogens with two attached hydrogens (primary N) is 1. The summed E-state index contributed by atoms with van der Waals surface area (Å²) in [5.74, 6) is -1.32. The summed E-state index contributed by atoms with van der Waals surface area (Å²) in [7, 11) is 0. The Labute approximate surface area is 143 Å². The van der Waals surface area contributed by atoms with Gasteiger partial charge in [0.15, 0.2) is 0 Å². The molecule has 0 saturated heterocycles. The van der Waals surface area contributed by atoms with Crippen molar-refractivity contribution in [2.45, 2.75) is 46.7 Å². The molecule has 3 amide bonds. The normalized spacial score (nSPS) is 12.1. The molecule has 0 aliphatic carbocycles. The Morgan fingerprint density at radius 2 is 1.79 bits per heavy atom. The van der Waals surface area contributed by atoms with Gasteiger partial charge in [-0.05, 0) is 38.8 Å². The van der Waals surface area contributed by atoms with E-state index in [0.717, 1.165) is 5.56 Å². The van der Waals surface area contributed by atoms with E-state index in [4.69, 9.17) is 5.73 Å². The first-order chi connectivity index (χ1) is 11.1. The van der Waals surface area contributed by atoms with E-state index >= 15 is 0 Å². The number of hydrogen-bond donors (Lipinski definition) is 2. The molecule has 6 heteroatoms. The molecule has 24 heavy (non-hydrogen) atoms. The first-order valence-electron chi connectivity index (χ1n) is 8.09. The average Bonchev–Trinajstić information content (AvgIpc) is 2.48. The van der Waals surface area contributed by atoms with Gasteiger partial charge in [0.1, 0.15) is 6.04 Å². The summed E-state index contributed by atoms with van der Waals surface area (Å²) in [6.45, 7) is 9.04. The Morgan fingerprint density at radius 1 is 1.17 bits per heavy atom. The first-order valence-corrected chi connectivity index (χ1v) is 8.09. The predicted molar refractivity (Wildman–Crippen MR) is 93.3 cm³/mol. The fourth-order valence-electron chi connectivity index (χ4n) is 2.39. The predicted octanol–water partition coefficient (Wildman–Crippen LogP) is 1.47. The van der Waals surface area contributed by atoms with Crippen molar-refractivity contribution in [1.29, 1.82) is 0 Å². The number of nitrogens with one attached hydrogen (secondary N) is 1. The van der Waals surface area contributed by atoms with Crippen LogP contribution in [0.3, 0.4) is 0 Å². The molecule has 0 aliphatic heterocycles. The van der Waals surface area contributed by atoms with Crippen LogP contribution in [-0.4, -0.2) is 41.2 Å². The summed E-state index contributed by atoms with van der Waals surface area (Å²) < 4.78 is 0. The molecule has 0 radical (unpaired) electrons. The molecular formula is C18H27N3O3. The second-order valence-electron chi connectivity index (χ2n) is 6.59. The quantitative estimate of drug-likeness (QED) is 0.791. The van der Waals surface area contributed by atoms with Gasteiger partial charge in [-0.2, -0.15) is 0 Å². The summed E-state index contributed by atoms with van der Waals surface area (Å²) in [6, 6.07) is 6.25. The van der Waals surface area contributed by atoms with Crippen LogP contribution in [0.5, 0.6) is 0 Å². The fourth-order valence-corrected chi connectivity index (χ4v) is 2.39. The van der Waals surface area contributed by atoms with Gasteiger partial charge in [0.05, 0.1) is 6.54 Å². The van der Waals surface area contributed by atoms with Crippen molar-refractivity contribution in [3.05, 3.63) is 35.4 Å². The van der Waals surface area contributed by atoms with Crippen LogP contribution in [-0.2, 0) is 9.59 Å². The number of carbonyl (C=O) groups is 3. The Balaban J connectivity index is 2.98. The molecule has 6 nitrogen and oxygen atoms in total. The highest BCUT2D eigenvalue weighted by atomic mass is 16.2. The van der Waals surface area contributed by atoms with Gasteiger partial charge < -0.3 is 16.0 Å². The molecule has 0 bridgehead atoms. The smallest absolute Gasteiger partial charge is 0.251 e. The largest absolute Gasteiger partial charge is 0.368 e. The van der Waals surface area contributed by atoms with Crippen LogP contribution in [0.25, 0.3) is 0 Å². The molecule has 0 heterocycles. The number of aryl methyl sites for hydroxylation is 1. The van der Waals surface area contributed by atoms with Gasteiger partial charge in [-0.25, -0.2) is 0 Å². The van der Waals surface area contributed by atoms with E-state index in [9.17, 15) is 14.4 Å². The summed E-state index contributed by atoms with van der Waals surface area (Å²) in [4.78, 5) is 37.9. The second kappa shape index (κ2) is 8.47. The Morgan fingerprint density at radius 3 is 2.25 bits per heavy atom. The van der Waals surface area contributed by atoms with E-state index < -0.39 is 11.9 Å². The number of nitrogens with zero attached hydrogens (tertiary/aromatic N) is 1. The van der Waals surface area contributed by atoms with Crippen molar-refractivity contribution in [3.8, 4) is 0 Å². The Hall–Kier alpha value is -2.37. The molecule has 0 fully saturated rings. The molecular weight excluding hydrogens is 306 g/mol. The highest BCUT2D eigenvalue weighted by molar-refractivity contribution is 5.98. The first kappa shape index (κ1) is 19.7. The zero-order valence-corrected chi connectivity index (χ0v) is 15.0. The lowest BCUT2D eigenvalue weighted by Crippen LogP contribution is -2.54. The summed E-state index contributed by atoms with van der Waals surface area (Å²) in [6.07, 6.45) is 0. The maximum Gasteiger partial charge on any atom is 0.251 e. The maximum atomic E-state index is 12.8. The lowest BCUT2D eigenvalue weighted by Gasteiger charge is -2.31. The number of carbonyl (C=O) groups excluding carboxylic acids is 3. The third-order valence-corrected chi connectivity index (χ3v) is 3.73. The fraction of sp³-hybridized carbons (Fsp3) is 0.500. The maximum absolute atomic E-state index is 12.8. The van der Waals surface area contributed by atoms with Crippen molar-refractivity contribution < 1.29 is 14.4 Å². The third-order valence-electron chi connectivity index (χ3n) is 3.73. The molecule has 0 spiro atoms. The standard InChI is InChI=1S/C18H27N3O3/c1-11(2)16(18(24)21(12(3)4)10-15(19)22)20-17(23)14-8-6-7-13(5)9-14/h6-9,11-12,16H,10H2,1-5H3,(H2,19,22)(H,20,23). The van der Waals surface area contributed by atoms with Gasteiger partial charge in [0, 0.05) is 11.6 Å². The van der Waals surface area contributed by atoms with Gasteiger partial charge in [0.25, 0.3) is 5.91 Å². The molecule has 0 aromatic heterocycles. The van der Waals surface area contributed by atoms with Crippen molar-refractivity contribution in [3.63, 3.8) is 0 Å². The van der Waals surface area contributed by atoms with Crippen molar-refractivity contribution >= 4 is 17.7 Å². The SMILES string of the molecule is Cc1cccc(C(=O)NC(C(=O)N(CC(N)=O)C(C)C)C(C)C)c1. The molecule has 1 aromatic rings. The highest BCUT2D eigenvalue weighted by Crippen LogP contribution is 2.11. The number of primary amides is 1. The monoisotopic (exact) mass is 333 g/mol. The highest BCUT2D eigenvalue weighted by Gasteiger charge is 2.31.